The number of rotatable bonds is 3. The Balaban J connectivity index is 2.28. The molecule has 4 heteroatoms. The molecule has 0 unspecified atom stereocenters. The molecule has 1 aromatic carbocycles. The van der Waals surface area contributed by atoms with Crippen molar-refractivity contribution < 1.29 is 4.79 Å². The molecule has 3 N–H and O–H groups in total. The Morgan fingerprint density at radius 3 is 2.63 bits per heavy atom. The molecular formula is C15H21N3O. The summed E-state index contributed by atoms with van der Waals surface area (Å²) >= 11 is 0. The fraction of sp³-hybridized carbons (Fsp3) is 0.400. The van der Waals surface area contributed by atoms with Crippen LogP contribution in [0.4, 0.5) is 0 Å². The van der Waals surface area contributed by atoms with Crippen molar-refractivity contribution in [3.05, 3.63) is 36.0 Å². The lowest BCUT2D eigenvalue weighted by Gasteiger charge is -2.20. The van der Waals surface area contributed by atoms with Crippen LogP contribution in [0.25, 0.3) is 10.9 Å². The van der Waals surface area contributed by atoms with E-state index in [0.717, 1.165) is 16.5 Å². The highest BCUT2D eigenvalue weighted by atomic mass is 16.2. The van der Waals surface area contributed by atoms with Gasteiger partial charge in [0.1, 0.15) is 6.54 Å². The molecule has 0 atom stereocenters. The van der Waals surface area contributed by atoms with Crippen LogP contribution in [0.3, 0.4) is 0 Å². The first-order valence-corrected chi connectivity index (χ1v) is 6.48. The second-order valence-electron chi connectivity index (χ2n) is 5.80. The maximum absolute atomic E-state index is 12.0. The Morgan fingerprint density at radius 2 is 2.00 bits per heavy atom. The highest BCUT2D eigenvalue weighted by molar-refractivity contribution is 5.86. The maximum atomic E-state index is 12.0. The number of fused-ring (bicyclic) bond motifs is 1. The summed E-state index contributed by atoms with van der Waals surface area (Å²) in [5.41, 5.74) is 7.65. The van der Waals surface area contributed by atoms with Crippen molar-refractivity contribution in [2.45, 2.75) is 39.4 Å². The van der Waals surface area contributed by atoms with E-state index >= 15 is 0 Å². The van der Waals surface area contributed by atoms with E-state index in [9.17, 15) is 4.79 Å². The van der Waals surface area contributed by atoms with Gasteiger partial charge in [0.2, 0.25) is 5.91 Å². The third-order valence-electron chi connectivity index (χ3n) is 2.92. The number of para-hydroxylation sites is 1. The first-order valence-electron chi connectivity index (χ1n) is 6.48. The molecule has 0 spiro atoms. The molecule has 0 aliphatic heterocycles. The van der Waals surface area contributed by atoms with Crippen LogP contribution in [0.5, 0.6) is 0 Å². The number of carbonyl (C=O) groups is 1. The van der Waals surface area contributed by atoms with E-state index in [2.05, 4.69) is 5.32 Å². The molecule has 4 nitrogen and oxygen atoms in total. The van der Waals surface area contributed by atoms with Gasteiger partial charge >= 0.3 is 0 Å². The predicted molar refractivity (Wildman–Crippen MR) is 77.7 cm³/mol. The molecule has 0 fully saturated rings. The van der Waals surface area contributed by atoms with Gasteiger partial charge < -0.3 is 15.6 Å². The molecule has 2 aromatic rings. The minimum Gasteiger partial charge on any atom is -0.350 e. The van der Waals surface area contributed by atoms with Gasteiger partial charge in [-0.05, 0) is 32.4 Å². The lowest BCUT2D eigenvalue weighted by atomic mass is 10.1. The summed E-state index contributed by atoms with van der Waals surface area (Å²) in [5.74, 6) is 0.0109. The van der Waals surface area contributed by atoms with Gasteiger partial charge in [-0.1, -0.05) is 18.2 Å². The number of hydrogen-bond donors (Lipinski definition) is 2. The van der Waals surface area contributed by atoms with Crippen molar-refractivity contribution >= 4 is 16.8 Å². The number of nitrogens with one attached hydrogen (secondary N) is 1. The Labute approximate surface area is 113 Å². The smallest absolute Gasteiger partial charge is 0.240 e. The first-order chi connectivity index (χ1) is 8.90. The summed E-state index contributed by atoms with van der Waals surface area (Å²) in [6.45, 7) is 6.73. The molecule has 19 heavy (non-hydrogen) atoms. The van der Waals surface area contributed by atoms with Crippen molar-refractivity contribution in [1.29, 1.82) is 0 Å². The van der Waals surface area contributed by atoms with Gasteiger partial charge in [0, 0.05) is 29.2 Å². The molecular weight excluding hydrogens is 238 g/mol. The molecule has 0 bridgehead atoms. The molecule has 1 aromatic heterocycles. The van der Waals surface area contributed by atoms with Gasteiger partial charge in [0.05, 0.1) is 0 Å². The van der Waals surface area contributed by atoms with Crippen LogP contribution in [0, 0.1) is 0 Å². The molecule has 102 valence electrons. The van der Waals surface area contributed by atoms with E-state index in [0.29, 0.717) is 13.1 Å². The van der Waals surface area contributed by atoms with E-state index in [1.165, 1.54) is 0 Å². The van der Waals surface area contributed by atoms with Gasteiger partial charge in [-0.2, -0.15) is 0 Å². The van der Waals surface area contributed by atoms with Crippen LogP contribution in [0.2, 0.25) is 0 Å². The van der Waals surface area contributed by atoms with Crippen LogP contribution in [-0.4, -0.2) is 16.0 Å². The molecule has 0 saturated heterocycles. The molecule has 0 saturated carbocycles. The Morgan fingerprint density at radius 1 is 1.32 bits per heavy atom. The van der Waals surface area contributed by atoms with Gasteiger partial charge in [-0.25, -0.2) is 0 Å². The average molecular weight is 259 g/mol. The fourth-order valence-corrected chi connectivity index (χ4v) is 2.23. The summed E-state index contributed by atoms with van der Waals surface area (Å²) in [5, 5.41) is 4.09. The van der Waals surface area contributed by atoms with Crippen molar-refractivity contribution in [2.75, 3.05) is 0 Å². The number of aromatic nitrogens is 1. The molecule has 1 heterocycles. The third-order valence-corrected chi connectivity index (χ3v) is 2.92. The van der Waals surface area contributed by atoms with Crippen molar-refractivity contribution in [2.24, 2.45) is 5.73 Å². The minimum atomic E-state index is -0.212. The van der Waals surface area contributed by atoms with E-state index < -0.39 is 0 Å². The lowest BCUT2D eigenvalue weighted by molar-refractivity contribution is -0.123. The summed E-state index contributed by atoms with van der Waals surface area (Å²) in [6.07, 6.45) is 1.97. The Kier molecular flexibility index (Phi) is 3.62. The van der Waals surface area contributed by atoms with Crippen LogP contribution < -0.4 is 11.1 Å². The lowest BCUT2D eigenvalue weighted by Crippen LogP contribution is -2.42. The molecule has 0 aliphatic carbocycles. The van der Waals surface area contributed by atoms with E-state index in [-0.39, 0.29) is 11.4 Å². The van der Waals surface area contributed by atoms with E-state index in [4.69, 9.17) is 5.73 Å². The standard InChI is InChI=1S/C15H21N3O/c1-15(2,3)17-14(19)10-18-9-11(8-16)12-6-4-5-7-13(12)18/h4-7,9H,8,10,16H2,1-3H3,(H,17,19). The van der Waals surface area contributed by atoms with Crippen LogP contribution in [0.1, 0.15) is 26.3 Å². The van der Waals surface area contributed by atoms with E-state index in [1.807, 2.05) is 55.8 Å². The second kappa shape index (κ2) is 5.05. The second-order valence-corrected chi connectivity index (χ2v) is 5.80. The highest BCUT2D eigenvalue weighted by Gasteiger charge is 2.15. The number of amides is 1. The number of nitrogens with two attached hydrogens (primary N) is 1. The fourth-order valence-electron chi connectivity index (χ4n) is 2.23. The van der Waals surface area contributed by atoms with Crippen molar-refractivity contribution in [1.82, 2.24) is 9.88 Å². The van der Waals surface area contributed by atoms with E-state index in [1.54, 1.807) is 0 Å². The zero-order valence-corrected chi connectivity index (χ0v) is 11.7. The topological polar surface area (TPSA) is 60.0 Å². The zero-order chi connectivity index (χ0) is 14.0. The van der Waals surface area contributed by atoms with Gasteiger partial charge in [-0.3, -0.25) is 4.79 Å². The summed E-state index contributed by atoms with van der Waals surface area (Å²) in [6, 6.07) is 8.01. The highest BCUT2D eigenvalue weighted by Crippen LogP contribution is 2.20. The normalized spacial score (nSPS) is 11.8. The summed E-state index contributed by atoms with van der Waals surface area (Å²) in [7, 11) is 0. The monoisotopic (exact) mass is 259 g/mol. The van der Waals surface area contributed by atoms with Gasteiger partial charge in [0.15, 0.2) is 0 Å². The first kappa shape index (κ1) is 13.6. The van der Waals surface area contributed by atoms with Gasteiger partial charge in [-0.15, -0.1) is 0 Å². The Hall–Kier alpha value is -1.81. The number of benzene rings is 1. The molecule has 1 amide bonds. The average Bonchev–Trinajstić information content (AvgIpc) is 2.65. The SMILES string of the molecule is CC(C)(C)NC(=O)Cn1cc(CN)c2ccccc21. The predicted octanol–water partition coefficient (Wildman–Crippen LogP) is 2.01. The van der Waals surface area contributed by atoms with Crippen LogP contribution >= 0.6 is 0 Å². The molecule has 2 rings (SSSR count). The number of carbonyl (C=O) groups excluding carboxylic acids is 1. The molecule has 0 radical (unpaired) electrons. The Bertz CT molecular complexity index is 593. The zero-order valence-electron chi connectivity index (χ0n) is 11.7. The summed E-state index contributed by atoms with van der Waals surface area (Å²) in [4.78, 5) is 12.0. The quantitative estimate of drug-likeness (QED) is 0.886. The van der Waals surface area contributed by atoms with Crippen molar-refractivity contribution in [3.63, 3.8) is 0 Å². The van der Waals surface area contributed by atoms with Gasteiger partial charge in [0.25, 0.3) is 0 Å². The van der Waals surface area contributed by atoms with Crippen LogP contribution in [-0.2, 0) is 17.9 Å². The summed E-state index contributed by atoms with van der Waals surface area (Å²) < 4.78 is 1.96. The number of nitrogens with zero attached hydrogens (tertiary/aromatic N) is 1. The number of hydrogen-bond acceptors (Lipinski definition) is 2. The van der Waals surface area contributed by atoms with Crippen LogP contribution in [0.15, 0.2) is 30.5 Å². The maximum Gasteiger partial charge on any atom is 0.240 e. The molecule has 0 aliphatic rings. The van der Waals surface area contributed by atoms with Crippen molar-refractivity contribution in [3.8, 4) is 0 Å². The largest absolute Gasteiger partial charge is 0.350 e. The third kappa shape index (κ3) is 3.15. The minimum absolute atomic E-state index is 0.0109.